The number of ether oxygens (including phenoxy) is 2. The molecule has 256 valence electrons. The van der Waals surface area contributed by atoms with E-state index in [1.807, 2.05) is 66.6 Å². The van der Waals surface area contributed by atoms with Crippen molar-refractivity contribution in [3.05, 3.63) is 42.0 Å². The number of quaternary nitrogens is 2. The quantitative estimate of drug-likeness (QED) is 0.0775. The van der Waals surface area contributed by atoms with Crippen molar-refractivity contribution >= 4 is 27.7 Å². The van der Waals surface area contributed by atoms with Crippen LogP contribution in [0.5, 0.6) is 0 Å². The summed E-state index contributed by atoms with van der Waals surface area (Å²) in [6.45, 7) is 9.26. The molecule has 0 aliphatic heterocycles. The molecule has 15 heteroatoms. The molecular formula is C29H54N2O11P2. The molecule has 2 atom stereocenters. The number of rotatable bonds is 22. The highest BCUT2D eigenvalue weighted by atomic mass is 31.2. The van der Waals surface area contributed by atoms with E-state index in [0.717, 1.165) is 17.5 Å². The molecule has 0 heterocycles. The van der Waals surface area contributed by atoms with E-state index in [1.54, 1.807) is 19.9 Å². The molecule has 1 rings (SSSR count). The zero-order valence-corrected chi connectivity index (χ0v) is 29.5. The maximum absolute atomic E-state index is 11.6. The molecule has 2 unspecified atom stereocenters. The lowest BCUT2D eigenvalue weighted by atomic mass is 10.1. The minimum absolute atomic E-state index is 0.0516. The van der Waals surface area contributed by atoms with Crippen LogP contribution in [0.1, 0.15) is 37.8 Å². The molecule has 13 nitrogen and oxygen atoms in total. The molecule has 0 N–H and O–H groups in total. The summed E-state index contributed by atoms with van der Waals surface area (Å²) in [6, 6.07) is 7.98. The third-order valence-electron chi connectivity index (χ3n) is 5.49. The summed E-state index contributed by atoms with van der Waals surface area (Å²) in [6.07, 6.45) is 3.12. The second kappa shape index (κ2) is 21.3. The largest absolute Gasteiger partial charge is 0.756 e. The van der Waals surface area contributed by atoms with Gasteiger partial charge in [-0.25, -0.2) is 0 Å². The van der Waals surface area contributed by atoms with Crippen LogP contribution in [0, 0.1) is 5.92 Å². The van der Waals surface area contributed by atoms with Crippen LogP contribution in [0.4, 0.5) is 0 Å². The van der Waals surface area contributed by atoms with Crippen molar-refractivity contribution in [1.82, 2.24) is 0 Å². The first kappa shape index (κ1) is 42.5. The van der Waals surface area contributed by atoms with Crippen LogP contribution >= 0.6 is 15.6 Å². The molecule has 1 aromatic rings. The van der Waals surface area contributed by atoms with Gasteiger partial charge in [-0.05, 0) is 24.0 Å². The fourth-order valence-corrected chi connectivity index (χ4v) is 4.22. The van der Waals surface area contributed by atoms with Gasteiger partial charge in [0.15, 0.2) is 0 Å². The van der Waals surface area contributed by atoms with Gasteiger partial charge in [-0.15, -0.1) is 0 Å². The summed E-state index contributed by atoms with van der Waals surface area (Å²) in [4.78, 5) is 34.0. The number of phosphoric ester groups is 2. The van der Waals surface area contributed by atoms with Gasteiger partial charge in [0, 0.05) is 6.61 Å². The van der Waals surface area contributed by atoms with E-state index in [-0.39, 0.29) is 39.0 Å². The van der Waals surface area contributed by atoms with Gasteiger partial charge in [-0.1, -0.05) is 50.8 Å². The number of nitrogens with zero attached hydrogens (tertiary/aromatic N) is 2. The molecule has 0 aromatic heterocycles. The average molecular weight is 669 g/mol. The second-order valence-electron chi connectivity index (χ2n) is 12.3. The number of esters is 1. The first-order chi connectivity index (χ1) is 20.3. The number of hydrogen-bond donors (Lipinski definition) is 0. The topological polar surface area (TPSA) is 153 Å². The first-order valence-electron chi connectivity index (χ1n) is 14.5. The van der Waals surface area contributed by atoms with E-state index in [2.05, 4.69) is 15.6 Å². The average Bonchev–Trinajstić information content (AvgIpc) is 2.89. The van der Waals surface area contributed by atoms with Crippen LogP contribution in [0.25, 0.3) is 6.08 Å². The van der Waals surface area contributed by atoms with E-state index in [1.165, 1.54) is 0 Å². The summed E-state index contributed by atoms with van der Waals surface area (Å²) in [7, 11) is 3.15. The molecule has 0 saturated heterocycles. The minimum Gasteiger partial charge on any atom is -0.756 e. The number of hydrogen-bond acceptors (Lipinski definition) is 11. The number of likely N-dealkylation sites (N-methyl/N-ethyl adjacent to an activating group) is 2. The van der Waals surface area contributed by atoms with Crippen molar-refractivity contribution < 1.29 is 60.2 Å². The van der Waals surface area contributed by atoms with Gasteiger partial charge in [0.25, 0.3) is 15.6 Å². The van der Waals surface area contributed by atoms with Gasteiger partial charge < -0.3 is 46.3 Å². The minimum atomic E-state index is -4.31. The Morgan fingerprint density at radius 2 is 1.23 bits per heavy atom. The molecule has 0 aliphatic carbocycles. The molecular weight excluding hydrogens is 614 g/mol. The Hall–Kier alpha value is -1.47. The number of carbonyl (C=O) groups excluding carboxylic acids is 1. The third kappa shape index (κ3) is 25.8. The molecule has 0 radical (unpaired) electrons. The highest BCUT2D eigenvalue weighted by molar-refractivity contribution is 7.46. The SMILES string of the molecule is C=Cc1ccc(COCCCCOP(=O)([O-])OCC[N+](C)(C)C)cc1.CC(C)C(=O)OCCOP(=O)([O-])OCC[N+](C)(C)C. The summed E-state index contributed by atoms with van der Waals surface area (Å²) in [5.74, 6) is -0.643. The molecule has 0 saturated carbocycles. The number of carbonyl (C=O) groups is 1. The van der Waals surface area contributed by atoms with E-state index >= 15 is 0 Å². The van der Waals surface area contributed by atoms with Crippen LogP contribution in [-0.2, 0) is 48.1 Å². The zero-order chi connectivity index (χ0) is 33.9. The second-order valence-corrected chi connectivity index (χ2v) is 15.1. The van der Waals surface area contributed by atoms with E-state index in [0.29, 0.717) is 41.7 Å². The van der Waals surface area contributed by atoms with Gasteiger partial charge in [0.1, 0.15) is 32.9 Å². The number of benzene rings is 1. The van der Waals surface area contributed by atoms with Crippen molar-refractivity contribution in [2.75, 3.05) is 95.0 Å². The molecule has 44 heavy (non-hydrogen) atoms. The number of unbranched alkanes of at least 4 members (excludes halogenated alkanes) is 1. The Morgan fingerprint density at radius 1 is 0.773 bits per heavy atom. The molecule has 0 fully saturated rings. The summed E-state index contributed by atoms with van der Waals surface area (Å²) >= 11 is 0. The zero-order valence-electron chi connectivity index (χ0n) is 27.7. The van der Waals surface area contributed by atoms with Crippen molar-refractivity contribution in [2.45, 2.75) is 33.3 Å². The highest BCUT2D eigenvalue weighted by Crippen LogP contribution is 2.38. The third-order valence-corrected chi connectivity index (χ3v) is 7.48. The molecule has 0 amide bonds. The lowest BCUT2D eigenvalue weighted by molar-refractivity contribution is -0.870. The Balaban J connectivity index is 0.000000875. The molecule has 0 aliphatic rings. The maximum Gasteiger partial charge on any atom is 0.308 e. The van der Waals surface area contributed by atoms with Crippen molar-refractivity contribution in [2.24, 2.45) is 5.92 Å². The van der Waals surface area contributed by atoms with Crippen molar-refractivity contribution in [3.63, 3.8) is 0 Å². The molecule has 1 aromatic carbocycles. The van der Waals surface area contributed by atoms with Crippen LogP contribution in [0.2, 0.25) is 0 Å². The van der Waals surface area contributed by atoms with E-state index < -0.39 is 21.6 Å². The van der Waals surface area contributed by atoms with Gasteiger partial charge >= 0.3 is 5.97 Å². The summed E-state index contributed by atoms with van der Waals surface area (Å²) < 4.78 is 53.4. The van der Waals surface area contributed by atoms with E-state index in [4.69, 9.17) is 18.5 Å². The smallest absolute Gasteiger partial charge is 0.308 e. The standard InChI is InChI=1S/C18H30NO5P.C11H24NO6P/c1-5-17-8-10-18(11-9-17)16-22-13-6-7-14-23-25(20,21)24-15-12-19(2,3)4;1-10(2)11(13)16-8-9-18-19(14,15)17-7-6-12(3,4)5/h5,8-11H,1,6-7,12-16H2,2-4H3;10H,6-9H2,1-5H3. The predicted molar refractivity (Wildman–Crippen MR) is 166 cm³/mol. The molecule has 0 bridgehead atoms. The Labute approximate surface area is 264 Å². The van der Waals surface area contributed by atoms with Gasteiger partial charge in [0.05, 0.1) is 68.0 Å². The van der Waals surface area contributed by atoms with Crippen molar-refractivity contribution in [1.29, 1.82) is 0 Å². The normalized spacial score (nSPS) is 14.7. The first-order valence-corrected chi connectivity index (χ1v) is 17.4. The Morgan fingerprint density at radius 3 is 1.68 bits per heavy atom. The summed E-state index contributed by atoms with van der Waals surface area (Å²) in [5.41, 5.74) is 2.17. The van der Waals surface area contributed by atoms with Crippen LogP contribution in [-0.4, -0.2) is 110 Å². The Kier molecular flexibility index (Phi) is 20.6. The fraction of sp³-hybridized carbons (Fsp3) is 0.690. The van der Waals surface area contributed by atoms with Crippen LogP contribution in [0.3, 0.4) is 0 Å². The lowest BCUT2D eigenvalue weighted by Crippen LogP contribution is -2.37. The Bertz CT molecular complexity index is 1040. The predicted octanol–water partition coefficient (Wildman–Crippen LogP) is 3.23. The van der Waals surface area contributed by atoms with E-state index in [9.17, 15) is 23.7 Å². The summed E-state index contributed by atoms with van der Waals surface area (Å²) in [5, 5.41) is 0. The lowest BCUT2D eigenvalue weighted by Gasteiger charge is -2.27. The highest BCUT2D eigenvalue weighted by Gasteiger charge is 2.15. The molecule has 0 spiro atoms. The van der Waals surface area contributed by atoms with Gasteiger partial charge in [0.2, 0.25) is 0 Å². The van der Waals surface area contributed by atoms with Gasteiger partial charge in [-0.2, -0.15) is 0 Å². The van der Waals surface area contributed by atoms with Gasteiger partial charge in [-0.3, -0.25) is 13.9 Å². The monoisotopic (exact) mass is 668 g/mol. The number of phosphoric acid groups is 2. The van der Waals surface area contributed by atoms with Crippen LogP contribution in [0.15, 0.2) is 30.8 Å². The van der Waals surface area contributed by atoms with Crippen molar-refractivity contribution in [3.8, 4) is 0 Å². The van der Waals surface area contributed by atoms with Crippen LogP contribution < -0.4 is 9.79 Å². The maximum atomic E-state index is 11.6. The fourth-order valence-electron chi connectivity index (χ4n) is 2.81.